The second-order valence-electron chi connectivity index (χ2n) is 3.74. The quantitative estimate of drug-likeness (QED) is 0.421. The number of aromatic amines is 1. The van der Waals surface area contributed by atoms with Crippen molar-refractivity contribution in [2.75, 3.05) is 0 Å². The number of carbonyl (C=O) groups excluding carboxylic acids is 1. The zero-order valence-corrected chi connectivity index (χ0v) is 10.5. The summed E-state index contributed by atoms with van der Waals surface area (Å²) in [4.78, 5) is 18.7. The van der Waals surface area contributed by atoms with Gasteiger partial charge in [-0.2, -0.15) is 0 Å². The van der Waals surface area contributed by atoms with Crippen molar-refractivity contribution in [2.45, 2.75) is 0 Å². The van der Waals surface area contributed by atoms with E-state index >= 15 is 0 Å². The lowest BCUT2D eigenvalue weighted by molar-refractivity contribution is -0.115. The van der Waals surface area contributed by atoms with Crippen molar-refractivity contribution in [3.63, 3.8) is 0 Å². The molecule has 2 aromatic rings. The molecule has 18 heavy (non-hydrogen) atoms. The Bertz CT molecular complexity index is 706. The number of hydrogen-bond acceptors (Lipinski definition) is 3. The Morgan fingerprint density at radius 2 is 2.17 bits per heavy atom. The van der Waals surface area contributed by atoms with Crippen molar-refractivity contribution < 1.29 is 4.79 Å². The van der Waals surface area contributed by atoms with Gasteiger partial charge in [0.1, 0.15) is 16.5 Å². The number of aromatic nitrogens is 2. The lowest BCUT2D eigenvalue weighted by Gasteiger charge is -1.95. The zero-order valence-electron chi connectivity index (χ0n) is 8.95. The van der Waals surface area contributed by atoms with E-state index in [2.05, 4.69) is 20.6 Å². The van der Waals surface area contributed by atoms with E-state index in [0.717, 1.165) is 10.9 Å². The highest BCUT2D eigenvalue weighted by atomic mass is 35.5. The summed E-state index contributed by atoms with van der Waals surface area (Å²) in [5.41, 5.74) is 1.93. The number of H-pyrrole nitrogens is 1. The van der Waals surface area contributed by atoms with E-state index in [0.29, 0.717) is 21.6 Å². The van der Waals surface area contributed by atoms with E-state index in [9.17, 15) is 4.79 Å². The third kappa shape index (κ3) is 1.85. The number of rotatable bonds is 1. The summed E-state index contributed by atoms with van der Waals surface area (Å²) in [6, 6.07) is 3.55. The normalized spacial score (nSPS) is 17.3. The van der Waals surface area contributed by atoms with E-state index in [1.54, 1.807) is 18.3 Å². The highest BCUT2D eigenvalue weighted by Crippen LogP contribution is 2.21. The average Bonchev–Trinajstić information content (AvgIpc) is 2.84. The first-order chi connectivity index (χ1) is 8.63. The molecule has 1 aliphatic heterocycles. The fourth-order valence-corrected chi connectivity index (χ4v) is 2.11. The number of halogens is 1. The zero-order chi connectivity index (χ0) is 12.7. The molecule has 0 spiro atoms. The van der Waals surface area contributed by atoms with Crippen molar-refractivity contribution in [2.24, 2.45) is 0 Å². The smallest absolute Gasteiger partial charge is 0.273 e. The SMILES string of the molecule is O=C1NC(=S)N/C1=C\c1c[nH]c2nc(Cl)ccc12. The molecule has 0 atom stereocenters. The summed E-state index contributed by atoms with van der Waals surface area (Å²) in [5.74, 6) is -0.240. The standard InChI is InChI=1S/C11H7ClN4OS/c12-8-2-1-6-5(4-13-9(6)15-8)3-7-10(17)16-11(18)14-7/h1-4H,(H,13,15)(H2,14,16,17,18)/b7-3-. The van der Waals surface area contributed by atoms with Crippen LogP contribution >= 0.6 is 23.8 Å². The predicted octanol–water partition coefficient (Wildman–Crippen LogP) is 1.56. The maximum atomic E-state index is 11.5. The third-order valence-corrected chi connectivity index (χ3v) is 2.97. The van der Waals surface area contributed by atoms with E-state index in [1.165, 1.54) is 0 Å². The van der Waals surface area contributed by atoms with Gasteiger partial charge in [-0.05, 0) is 30.4 Å². The molecule has 5 nitrogen and oxygen atoms in total. The molecule has 1 aliphatic rings. The molecule has 1 saturated heterocycles. The van der Waals surface area contributed by atoms with E-state index in [-0.39, 0.29) is 5.91 Å². The van der Waals surface area contributed by atoms with Crippen LogP contribution in [0, 0.1) is 0 Å². The van der Waals surface area contributed by atoms with Crippen LogP contribution in [0.2, 0.25) is 5.15 Å². The largest absolute Gasteiger partial charge is 0.345 e. The van der Waals surface area contributed by atoms with Crippen molar-refractivity contribution in [3.05, 3.63) is 34.7 Å². The summed E-state index contributed by atoms with van der Waals surface area (Å²) < 4.78 is 0. The van der Waals surface area contributed by atoms with Gasteiger partial charge in [0, 0.05) is 17.1 Å². The van der Waals surface area contributed by atoms with Gasteiger partial charge >= 0.3 is 0 Å². The van der Waals surface area contributed by atoms with Crippen LogP contribution in [-0.4, -0.2) is 21.0 Å². The Morgan fingerprint density at radius 1 is 1.33 bits per heavy atom. The Labute approximate surface area is 112 Å². The number of nitrogens with one attached hydrogen (secondary N) is 3. The lowest BCUT2D eigenvalue weighted by Crippen LogP contribution is -2.21. The van der Waals surface area contributed by atoms with Crippen LogP contribution in [0.5, 0.6) is 0 Å². The summed E-state index contributed by atoms with van der Waals surface area (Å²) in [6.07, 6.45) is 3.47. The van der Waals surface area contributed by atoms with E-state index in [4.69, 9.17) is 23.8 Å². The first-order valence-electron chi connectivity index (χ1n) is 5.11. The van der Waals surface area contributed by atoms with Gasteiger partial charge in [0.05, 0.1) is 0 Å². The van der Waals surface area contributed by atoms with Crippen molar-refractivity contribution >= 4 is 51.9 Å². The summed E-state index contributed by atoms with van der Waals surface area (Å²) in [7, 11) is 0. The Morgan fingerprint density at radius 3 is 2.89 bits per heavy atom. The van der Waals surface area contributed by atoms with Gasteiger partial charge in [0.2, 0.25) is 0 Å². The lowest BCUT2D eigenvalue weighted by atomic mass is 10.2. The van der Waals surface area contributed by atoms with Gasteiger partial charge in [-0.15, -0.1) is 0 Å². The number of hydrogen-bond donors (Lipinski definition) is 3. The van der Waals surface area contributed by atoms with E-state index < -0.39 is 0 Å². The monoisotopic (exact) mass is 278 g/mol. The molecule has 2 aromatic heterocycles. The highest BCUT2D eigenvalue weighted by Gasteiger charge is 2.20. The maximum absolute atomic E-state index is 11.5. The third-order valence-electron chi connectivity index (χ3n) is 2.56. The molecule has 3 N–H and O–H groups in total. The number of amides is 1. The van der Waals surface area contributed by atoms with Gasteiger partial charge in [-0.3, -0.25) is 10.1 Å². The molecule has 0 saturated carbocycles. The molecule has 3 heterocycles. The van der Waals surface area contributed by atoms with Crippen LogP contribution in [0.3, 0.4) is 0 Å². The Kier molecular flexibility index (Phi) is 2.53. The molecule has 3 rings (SSSR count). The molecule has 1 fully saturated rings. The van der Waals surface area contributed by atoms with Gasteiger partial charge in [-0.25, -0.2) is 4.98 Å². The van der Waals surface area contributed by atoms with Crippen LogP contribution < -0.4 is 10.6 Å². The molecule has 0 bridgehead atoms. The molecule has 1 amide bonds. The molecule has 7 heteroatoms. The minimum Gasteiger partial charge on any atom is -0.345 e. The summed E-state index contributed by atoms with van der Waals surface area (Å²) >= 11 is 10.7. The Balaban J connectivity index is 2.08. The molecule has 0 aliphatic carbocycles. The van der Waals surface area contributed by atoms with Gasteiger partial charge in [-0.1, -0.05) is 11.6 Å². The molecule has 0 aromatic carbocycles. The van der Waals surface area contributed by atoms with Crippen molar-refractivity contribution in [3.8, 4) is 0 Å². The van der Waals surface area contributed by atoms with E-state index in [1.807, 2.05) is 6.07 Å². The van der Waals surface area contributed by atoms with Gasteiger partial charge in [0.15, 0.2) is 5.11 Å². The van der Waals surface area contributed by atoms with Crippen LogP contribution in [0.25, 0.3) is 17.1 Å². The average molecular weight is 279 g/mol. The molecule has 90 valence electrons. The van der Waals surface area contributed by atoms with Gasteiger partial charge in [0.25, 0.3) is 5.91 Å². The fourth-order valence-electron chi connectivity index (χ4n) is 1.76. The van der Waals surface area contributed by atoms with Crippen LogP contribution in [0.1, 0.15) is 5.56 Å². The second kappa shape index (κ2) is 4.08. The molecule has 0 unspecified atom stereocenters. The fraction of sp³-hybridized carbons (Fsp3) is 0. The topological polar surface area (TPSA) is 69.8 Å². The van der Waals surface area contributed by atoms with Gasteiger partial charge < -0.3 is 10.3 Å². The molecular weight excluding hydrogens is 272 g/mol. The van der Waals surface area contributed by atoms with Crippen LogP contribution in [0.4, 0.5) is 0 Å². The van der Waals surface area contributed by atoms with Crippen molar-refractivity contribution in [1.82, 2.24) is 20.6 Å². The number of thiocarbonyl (C=S) groups is 1. The second-order valence-corrected chi connectivity index (χ2v) is 4.54. The van der Waals surface area contributed by atoms with Crippen LogP contribution in [0.15, 0.2) is 24.0 Å². The number of carbonyl (C=O) groups is 1. The molecular formula is C11H7ClN4OS. The first-order valence-corrected chi connectivity index (χ1v) is 5.90. The number of fused-ring (bicyclic) bond motifs is 1. The minimum atomic E-state index is -0.240. The minimum absolute atomic E-state index is 0.240. The Hall–Kier alpha value is -1.92. The predicted molar refractivity (Wildman–Crippen MR) is 73.0 cm³/mol. The summed E-state index contributed by atoms with van der Waals surface area (Å²) in [5, 5.41) is 6.91. The van der Waals surface area contributed by atoms with Crippen molar-refractivity contribution in [1.29, 1.82) is 0 Å². The number of pyridine rings is 1. The first kappa shape index (κ1) is 11.2. The highest BCUT2D eigenvalue weighted by molar-refractivity contribution is 7.80. The van der Waals surface area contributed by atoms with Crippen LogP contribution in [-0.2, 0) is 4.79 Å². The maximum Gasteiger partial charge on any atom is 0.273 e. The number of nitrogens with zero attached hydrogens (tertiary/aromatic N) is 1. The summed E-state index contributed by atoms with van der Waals surface area (Å²) in [6.45, 7) is 0. The molecule has 0 radical (unpaired) electrons.